The molecule has 0 aromatic rings. The highest BCUT2D eigenvalue weighted by Crippen LogP contribution is 2.64. The van der Waals surface area contributed by atoms with Crippen LogP contribution in [0.25, 0.3) is 0 Å². The Hall–Kier alpha value is -1.00. The average molecular weight is 318 g/mol. The molecule has 2 N–H and O–H groups in total. The van der Waals surface area contributed by atoms with Crippen molar-refractivity contribution in [2.75, 3.05) is 0 Å². The topological polar surface area (TPSA) is 74.6 Å². The fourth-order valence-electron chi connectivity index (χ4n) is 6.51. The van der Waals surface area contributed by atoms with Crippen molar-refractivity contribution >= 4 is 11.6 Å². The quantitative estimate of drug-likeness (QED) is 0.717. The number of ketones is 2. The van der Waals surface area contributed by atoms with Gasteiger partial charge in [-0.15, -0.1) is 0 Å². The lowest BCUT2D eigenvalue weighted by molar-refractivity contribution is -0.153. The first-order valence-corrected chi connectivity index (χ1v) is 8.92. The summed E-state index contributed by atoms with van der Waals surface area (Å²) in [5, 5.41) is 21.6. The van der Waals surface area contributed by atoms with Crippen molar-refractivity contribution < 1.29 is 19.8 Å². The predicted molar refractivity (Wildman–Crippen MR) is 84.5 cm³/mol. The van der Waals surface area contributed by atoms with Crippen LogP contribution in [0.3, 0.4) is 0 Å². The number of hydrogen-bond donors (Lipinski definition) is 2. The Balaban J connectivity index is 1.79. The minimum absolute atomic E-state index is 0.0502. The van der Waals surface area contributed by atoms with Gasteiger partial charge in [0.05, 0.1) is 12.2 Å². The van der Waals surface area contributed by atoms with E-state index in [-0.39, 0.29) is 34.7 Å². The standard InChI is InChI=1S/C19H26O4/c1-18-6-5-10(20)7-13(18)14(21)8-11-12-3-4-16(23)19(12,2)9-15(22)17(11)18/h7,11-12,14-15,17,21-22H,3-6,8-9H2,1-2H3/t11-,12-,14+,15+,17+,18-,19-/m0/s1. The Kier molecular flexibility index (Phi) is 3.21. The van der Waals surface area contributed by atoms with Gasteiger partial charge in [0.25, 0.3) is 0 Å². The molecule has 0 radical (unpaired) electrons. The van der Waals surface area contributed by atoms with Crippen molar-refractivity contribution in [2.45, 2.75) is 64.6 Å². The third-order valence-corrected chi connectivity index (χ3v) is 7.62. The molecule has 7 atom stereocenters. The fourth-order valence-corrected chi connectivity index (χ4v) is 6.51. The Morgan fingerprint density at radius 3 is 2.61 bits per heavy atom. The van der Waals surface area contributed by atoms with Crippen LogP contribution in [0.1, 0.15) is 52.4 Å². The first-order chi connectivity index (χ1) is 10.8. The van der Waals surface area contributed by atoms with E-state index in [9.17, 15) is 19.8 Å². The SMILES string of the molecule is C[C@]12CCC(=O)C=C1[C@H](O)C[C@@H]1[C@@H]2[C@H](O)C[C@]2(C)C(=O)CC[C@@H]12. The van der Waals surface area contributed by atoms with Crippen LogP contribution in [0.4, 0.5) is 0 Å². The van der Waals surface area contributed by atoms with Gasteiger partial charge in [0.1, 0.15) is 5.78 Å². The van der Waals surface area contributed by atoms with Crippen molar-refractivity contribution in [3.05, 3.63) is 11.6 Å². The van der Waals surface area contributed by atoms with E-state index in [1.165, 1.54) is 0 Å². The lowest BCUT2D eigenvalue weighted by atomic mass is 9.46. The van der Waals surface area contributed by atoms with Gasteiger partial charge in [-0.25, -0.2) is 0 Å². The summed E-state index contributed by atoms with van der Waals surface area (Å²) in [6.45, 7) is 4.12. The van der Waals surface area contributed by atoms with Crippen LogP contribution in [0.5, 0.6) is 0 Å². The minimum atomic E-state index is -0.615. The molecule has 3 saturated carbocycles. The Morgan fingerprint density at radius 2 is 1.87 bits per heavy atom. The number of aliphatic hydroxyl groups excluding tert-OH is 2. The summed E-state index contributed by atoms with van der Waals surface area (Å²) in [6.07, 6.45) is 4.26. The number of carbonyl (C=O) groups excluding carboxylic acids is 2. The average Bonchev–Trinajstić information content (AvgIpc) is 2.76. The summed E-state index contributed by atoms with van der Waals surface area (Å²) in [6, 6.07) is 0. The van der Waals surface area contributed by atoms with Crippen LogP contribution < -0.4 is 0 Å². The summed E-state index contributed by atoms with van der Waals surface area (Å²) >= 11 is 0. The second-order valence-electron chi connectivity index (χ2n) is 8.68. The first kappa shape index (κ1) is 15.5. The largest absolute Gasteiger partial charge is 0.393 e. The molecule has 0 bridgehead atoms. The number of carbonyl (C=O) groups is 2. The van der Waals surface area contributed by atoms with Crippen molar-refractivity contribution in [1.82, 2.24) is 0 Å². The van der Waals surface area contributed by atoms with Crippen molar-refractivity contribution in [3.8, 4) is 0 Å². The highest BCUT2D eigenvalue weighted by atomic mass is 16.3. The van der Waals surface area contributed by atoms with Gasteiger partial charge in [-0.1, -0.05) is 13.8 Å². The van der Waals surface area contributed by atoms with Crippen LogP contribution in [-0.2, 0) is 9.59 Å². The van der Waals surface area contributed by atoms with Crippen LogP contribution >= 0.6 is 0 Å². The molecule has 4 rings (SSSR count). The van der Waals surface area contributed by atoms with Crippen LogP contribution in [-0.4, -0.2) is 34.0 Å². The normalized spacial score (nSPS) is 52.5. The highest BCUT2D eigenvalue weighted by molar-refractivity contribution is 5.92. The summed E-state index contributed by atoms with van der Waals surface area (Å²) in [4.78, 5) is 24.2. The third-order valence-electron chi connectivity index (χ3n) is 7.62. The van der Waals surface area contributed by atoms with E-state index < -0.39 is 17.6 Å². The lowest BCUT2D eigenvalue weighted by Gasteiger charge is -2.59. The first-order valence-electron chi connectivity index (χ1n) is 8.92. The van der Waals surface area contributed by atoms with Gasteiger partial charge in [0, 0.05) is 18.3 Å². The molecular weight excluding hydrogens is 292 g/mol. The molecule has 0 heterocycles. The van der Waals surface area contributed by atoms with Crippen LogP contribution in [0.2, 0.25) is 0 Å². The summed E-state index contributed by atoms with van der Waals surface area (Å²) < 4.78 is 0. The van der Waals surface area contributed by atoms with Gasteiger partial charge in [0.2, 0.25) is 0 Å². The Bertz CT molecular complexity index is 608. The molecule has 3 fully saturated rings. The molecule has 4 aliphatic carbocycles. The van der Waals surface area contributed by atoms with E-state index in [0.717, 1.165) is 12.0 Å². The third kappa shape index (κ3) is 1.91. The van der Waals surface area contributed by atoms with Crippen molar-refractivity contribution in [1.29, 1.82) is 0 Å². The summed E-state index contributed by atoms with van der Waals surface area (Å²) in [5.41, 5.74) is 0.0762. The minimum Gasteiger partial charge on any atom is -0.393 e. The molecular formula is C19H26O4. The molecule has 4 heteroatoms. The number of Topliss-reactive ketones (excluding diaryl/α,β-unsaturated/α-hetero) is 1. The van der Waals surface area contributed by atoms with E-state index in [2.05, 4.69) is 6.92 Å². The van der Waals surface area contributed by atoms with Gasteiger partial charge in [0.15, 0.2) is 5.78 Å². The number of hydrogen-bond acceptors (Lipinski definition) is 4. The highest BCUT2D eigenvalue weighted by Gasteiger charge is 2.63. The van der Waals surface area contributed by atoms with Crippen LogP contribution in [0, 0.1) is 28.6 Å². The van der Waals surface area contributed by atoms with E-state index in [1.54, 1.807) is 6.08 Å². The maximum Gasteiger partial charge on any atom is 0.155 e. The van der Waals surface area contributed by atoms with Gasteiger partial charge in [-0.3, -0.25) is 9.59 Å². The second-order valence-corrected chi connectivity index (χ2v) is 8.68. The predicted octanol–water partition coefficient (Wildman–Crippen LogP) is 2.03. The molecule has 0 aliphatic heterocycles. The molecule has 0 amide bonds. The monoisotopic (exact) mass is 318 g/mol. The Morgan fingerprint density at radius 1 is 1.13 bits per heavy atom. The van der Waals surface area contributed by atoms with E-state index in [4.69, 9.17) is 0 Å². The van der Waals surface area contributed by atoms with E-state index in [0.29, 0.717) is 32.1 Å². The van der Waals surface area contributed by atoms with Crippen LogP contribution in [0.15, 0.2) is 11.6 Å². The van der Waals surface area contributed by atoms with Gasteiger partial charge < -0.3 is 10.2 Å². The van der Waals surface area contributed by atoms with Gasteiger partial charge in [-0.05, 0) is 60.5 Å². The Labute approximate surface area is 137 Å². The molecule has 0 aromatic carbocycles. The van der Waals surface area contributed by atoms with Gasteiger partial charge in [-0.2, -0.15) is 0 Å². The summed E-state index contributed by atoms with van der Waals surface area (Å²) in [7, 11) is 0. The molecule has 23 heavy (non-hydrogen) atoms. The van der Waals surface area contributed by atoms with E-state index >= 15 is 0 Å². The maximum atomic E-state index is 12.4. The smallest absolute Gasteiger partial charge is 0.155 e. The zero-order chi connectivity index (χ0) is 16.6. The van der Waals surface area contributed by atoms with Gasteiger partial charge >= 0.3 is 0 Å². The maximum absolute atomic E-state index is 12.4. The van der Waals surface area contributed by atoms with Crippen molar-refractivity contribution in [3.63, 3.8) is 0 Å². The molecule has 0 aromatic heterocycles. The lowest BCUT2D eigenvalue weighted by Crippen LogP contribution is -2.59. The number of aliphatic hydroxyl groups is 2. The van der Waals surface area contributed by atoms with E-state index in [1.807, 2.05) is 6.92 Å². The number of fused-ring (bicyclic) bond motifs is 5. The number of rotatable bonds is 0. The molecule has 4 aliphatic rings. The molecule has 0 unspecified atom stereocenters. The molecule has 126 valence electrons. The second kappa shape index (κ2) is 4.76. The summed E-state index contributed by atoms with van der Waals surface area (Å²) in [5.74, 6) is 0.838. The zero-order valence-corrected chi connectivity index (χ0v) is 13.9. The molecule has 0 spiro atoms. The fraction of sp³-hybridized carbons (Fsp3) is 0.789. The molecule has 4 nitrogen and oxygen atoms in total. The zero-order valence-electron chi connectivity index (χ0n) is 13.9. The molecule has 0 saturated heterocycles. The van der Waals surface area contributed by atoms with Crippen molar-refractivity contribution in [2.24, 2.45) is 28.6 Å².